The van der Waals surface area contributed by atoms with Crippen LogP contribution in [0.2, 0.25) is 0 Å². The van der Waals surface area contributed by atoms with E-state index in [2.05, 4.69) is 0 Å². The Balaban J connectivity index is 1.86. The molecule has 1 aromatic heterocycles. The van der Waals surface area contributed by atoms with E-state index >= 15 is 0 Å². The zero-order valence-electron chi connectivity index (χ0n) is 12.0. The first-order chi connectivity index (χ1) is 10.7. The molecule has 0 fully saturated rings. The summed E-state index contributed by atoms with van der Waals surface area (Å²) in [5.41, 5.74) is 1.69. The van der Waals surface area contributed by atoms with Crippen LogP contribution in [0.3, 0.4) is 0 Å². The number of hydrogen-bond acceptors (Lipinski definition) is 5. The lowest BCUT2D eigenvalue weighted by Gasteiger charge is -2.24. The van der Waals surface area contributed by atoms with Crippen molar-refractivity contribution < 1.29 is 14.3 Å². The first kappa shape index (κ1) is 15.1. The topological polar surface area (TPSA) is 46.6 Å². The molecule has 2 heterocycles. The number of fused-ring (bicyclic) bond motifs is 1. The molecule has 0 saturated heterocycles. The SMILES string of the molecule is COC(=O)CSC1c2ccccc2C(=O)N1Cc1cccs1. The quantitative estimate of drug-likeness (QED) is 0.788. The molecule has 1 aromatic carbocycles. The van der Waals surface area contributed by atoms with Crippen LogP contribution in [0.1, 0.15) is 26.2 Å². The molecule has 2 aromatic rings. The molecule has 1 atom stereocenters. The Morgan fingerprint density at radius 2 is 2.14 bits per heavy atom. The van der Waals surface area contributed by atoms with Gasteiger partial charge in [0.05, 0.1) is 19.4 Å². The maximum absolute atomic E-state index is 12.6. The van der Waals surface area contributed by atoms with Gasteiger partial charge in [0.15, 0.2) is 0 Å². The fraction of sp³-hybridized carbons (Fsp3) is 0.250. The summed E-state index contributed by atoms with van der Waals surface area (Å²) in [5.74, 6) is -0.0340. The minimum absolute atomic E-state index is 0.0198. The normalized spacial score (nSPS) is 16.7. The van der Waals surface area contributed by atoms with E-state index in [1.165, 1.54) is 18.9 Å². The molecule has 1 unspecified atom stereocenters. The van der Waals surface area contributed by atoms with Gasteiger partial charge in [0.1, 0.15) is 5.37 Å². The van der Waals surface area contributed by atoms with Crippen LogP contribution in [0.25, 0.3) is 0 Å². The summed E-state index contributed by atoms with van der Waals surface area (Å²) in [6, 6.07) is 11.6. The Kier molecular flexibility index (Phi) is 4.49. The Labute approximate surface area is 137 Å². The van der Waals surface area contributed by atoms with E-state index < -0.39 is 0 Å². The van der Waals surface area contributed by atoms with Crippen molar-refractivity contribution in [1.82, 2.24) is 4.90 Å². The summed E-state index contributed by atoms with van der Waals surface area (Å²) < 4.78 is 4.70. The zero-order valence-corrected chi connectivity index (χ0v) is 13.7. The highest BCUT2D eigenvalue weighted by Gasteiger charge is 2.37. The van der Waals surface area contributed by atoms with Gasteiger partial charge in [-0.25, -0.2) is 0 Å². The number of esters is 1. The molecular weight excluding hydrogens is 318 g/mol. The summed E-state index contributed by atoms with van der Waals surface area (Å²) in [6.07, 6.45) is 0. The lowest BCUT2D eigenvalue weighted by Crippen LogP contribution is -2.26. The molecule has 3 rings (SSSR count). The van der Waals surface area contributed by atoms with Crippen LogP contribution in [0.5, 0.6) is 0 Å². The first-order valence-corrected chi connectivity index (χ1v) is 8.74. The van der Waals surface area contributed by atoms with Gasteiger partial charge in [-0.1, -0.05) is 24.3 Å². The number of rotatable bonds is 5. The predicted molar refractivity (Wildman–Crippen MR) is 87.8 cm³/mol. The second kappa shape index (κ2) is 6.54. The molecule has 114 valence electrons. The maximum atomic E-state index is 12.6. The minimum Gasteiger partial charge on any atom is -0.468 e. The minimum atomic E-state index is -0.280. The third-order valence-corrected chi connectivity index (χ3v) is 5.58. The number of thioether (sulfide) groups is 1. The van der Waals surface area contributed by atoms with E-state index in [1.54, 1.807) is 11.3 Å². The third-order valence-electron chi connectivity index (χ3n) is 3.49. The lowest BCUT2D eigenvalue weighted by atomic mass is 10.1. The average molecular weight is 333 g/mol. The first-order valence-electron chi connectivity index (χ1n) is 6.81. The van der Waals surface area contributed by atoms with Crippen LogP contribution in [0.15, 0.2) is 41.8 Å². The molecule has 0 N–H and O–H groups in total. The van der Waals surface area contributed by atoms with Crippen LogP contribution in [-0.2, 0) is 16.1 Å². The van der Waals surface area contributed by atoms with Crippen molar-refractivity contribution >= 4 is 35.0 Å². The molecule has 4 nitrogen and oxygen atoms in total. The average Bonchev–Trinajstić information content (AvgIpc) is 3.14. The molecule has 1 aliphatic heterocycles. The van der Waals surface area contributed by atoms with Gasteiger partial charge in [0.25, 0.3) is 5.91 Å². The highest BCUT2D eigenvalue weighted by Crippen LogP contribution is 2.42. The largest absolute Gasteiger partial charge is 0.468 e. The molecule has 6 heteroatoms. The third kappa shape index (κ3) is 2.89. The fourth-order valence-corrected chi connectivity index (χ4v) is 4.30. The van der Waals surface area contributed by atoms with Crippen molar-refractivity contribution in [3.05, 3.63) is 57.8 Å². The molecule has 0 spiro atoms. The summed E-state index contributed by atoms with van der Waals surface area (Å²) in [4.78, 5) is 27.0. The molecule has 0 bridgehead atoms. The summed E-state index contributed by atoms with van der Waals surface area (Å²) in [7, 11) is 1.38. The van der Waals surface area contributed by atoms with Gasteiger partial charge in [0.2, 0.25) is 0 Å². The van der Waals surface area contributed by atoms with Crippen molar-refractivity contribution in [1.29, 1.82) is 0 Å². The second-order valence-electron chi connectivity index (χ2n) is 4.84. The number of hydrogen-bond donors (Lipinski definition) is 0. The summed E-state index contributed by atoms with van der Waals surface area (Å²) in [5, 5.41) is 1.85. The summed E-state index contributed by atoms with van der Waals surface area (Å²) >= 11 is 3.05. The van der Waals surface area contributed by atoms with Gasteiger partial charge in [-0.2, -0.15) is 0 Å². The monoisotopic (exact) mass is 333 g/mol. The van der Waals surface area contributed by atoms with Gasteiger partial charge in [-0.05, 0) is 23.1 Å². The van der Waals surface area contributed by atoms with Crippen LogP contribution in [-0.4, -0.2) is 29.6 Å². The lowest BCUT2D eigenvalue weighted by molar-refractivity contribution is -0.137. The van der Waals surface area contributed by atoms with Crippen LogP contribution < -0.4 is 0 Å². The Morgan fingerprint density at radius 3 is 2.86 bits per heavy atom. The van der Waals surface area contributed by atoms with E-state index in [4.69, 9.17) is 4.74 Å². The molecule has 0 aliphatic carbocycles. The van der Waals surface area contributed by atoms with Crippen molar-refractivity contribution in [2.45, 2.75) is 11.9 Å². The van der Waals surface area contributed by atoms with Crippen LogP contribution in [0, 0.1) is 0 Å². The number of amides is 1. The number of ether oxygens (including phenoxy) is 1. The Morgan fingerprint density at radius 1 is 1.32 bits per heavy atom. The van der Waals surface area contributed by atoms with E-state index in [0.29, 0.717) is 6.54 Å². The van der Waals surface area contributed by atoms with Gasteiger partial charge in [-0.3, -0.25) is 9.59 Å². The molecular formula is C16H15NO3S2. The number of methoxy groups -OCH3 is 1. The molecule has 1 amide bonds. The highest BCUT2D eigenvalue weighted by atomic mass is 32.2. The van der Waals surface area contributed by atoms with E-state index in [-0.39, 0.29) is 23.0 Å². The molecule has 1 aliphatic rings. The van der Waals surface area contributed by atoms with Crippen molar-refractivity contribution in [3.8, 4) is 0 Å². The standard InChI is InChI=1S/C16H15NO3S2/c1-20-14(18)10-22-16-13-7-3-2-6-12(13)15(19)17(16)9-11-5-4-8-21-11/h2-8,16H,9-10H2,1H3. The molecule has 22 heavy (non-hydrogen) atoms. The fourth-order valence-electron chi connectivity index (χ4n) is 2.45. The van der Waals surface area contributed by atoms with Gasteiger partial charge in [0, 0.05) is 10.4 Å². The number of carbonyl (C=O) groups is 2. The van der Waals surface area contributed by atoms with Gasteiger partial charge >= 0.3 is 5.97 Å². The number of thiophene rings is 1. The van der Waals surface area contributed by atoms with Crippen LogP contribution >= 0.6 is 23.1 Å². The maximum Gasteiger partial charge on any atom is 0.315 e. The molecule has 0 saturated carbocycles. The smallest absolute Gasteiger partial charge is 0.315 e. The van der Waals surface area contributed by atoms with Crippen molar-refractivity contribution in [2.24, 2.45) is 0 Å². The Hall–Kier alpha value is -1.79. The van der Waals surface area contributed by atoms with E-state index in [9.17, 15) is 9.59 Å². The van der Waals surface area contributed by atoms with Gasteiger partial charge in [-0.15, -0.1) is 23.1 Å². The predicted octanol–water partition coefficient (Wildman–Crippen LogP) is 3.31. The zero-order chi connectivity index (χ0) is 15.5. The van der Waals surface area contributed by atoms with E-state index in [0.717, 1.165) is 16.0 Å². The highest BCUT2D eigenvalue weighted by molar-refractivity contribution is 8.00. The van der Waals surface area contributed by atoms with Crippen molar-refractivity contribution in [2.75, 3.05) is 12.9 Å². The van der Waals surface area contributed by atoms with Crippen molar-refractivity contribution in [3.63, 3.8) is 0 Å². The number of benzene rings is 1. The molecule has 0 radical (unpaired) electrons. The Bertz CT molecular complexity index is 684. The van der Waals surface area contributed by atoms with Crippen LogP contribution in [0.4, 0.5) is 0 Å². The number of nitrogens with zero attached hydrogens (tertiary/aromatic N) is 1. The summed E-state index contributed by atoms with van der Waals surface area (Å²) in [6.45, 7) is 0.560. The van der Waals surface area contributed by atoms with Gasteiger partial charge < -0.3 is 9.64 Å². The number of carbonyl (C=O) groups excluding carboxylic acids is 2. The van der Waals surface area contributed by atoms with E-state index in [1.807, 2.05) is 46.7 Å². The second-order valence-corrected chi connectivity index (χ2v) is 6.94.